The molecule has 1 unspecified atom stereocenters. The van der Waals surface area contributed by atoms with E-state index in [0.717, 1.165) is 29.9 Å². The highest BCUT2D eigenvalue weighted by Crippen LogP contribution is 2.30. The lowest BCUT2D eigenvalue weighted by Gasteiger charge is -2.26. The van der Waals surface area contributed by atoms with E-state index >= 15 is 0 Å². The Morgan fingerprint density at radius 2 is 2.25 bits per heavy atom. The third kappa shape index (κ3) is 2.67. The second-order valence-electron chi connectivity index (χ2n) is 5.30. The predicted molar refractivity (Wildman–Crippen MR) is 88.4 cm³/mol. The molecule has 1 fully saturated rings. The molecule has 0 amide bonds. The lowest BCUT2D eigenvalue weighted by atomic mass is 10.1. The summed E-state index contributed by atoms with van der Waals surface area (Å²) >= 11 is 3.63. The molecule has 1 aliphatic heterocycles. The Morgan fingerprint density at radius 1 is 1.35 bits per heavy atom. The summed E-state index contributed by atoms with van der Waals surface area (Å²) in [5, 5.41) is 6.03. The van der Waals surface area contributed by atoms with Gasteiger partial charge < -0.3 is 10.2 Å². The van der Waals surface area contributed by atoms with Crippen LogP contribution in [0.4, 0.5) is 5.82 Å². The number of likely N-dealkylation sites (N-methyl/N-ethyl adjacent to an activating group) is 1. The van der Waals surface area contributed by atoms with Crippen LogP contribution in [0.25, 0.3) is 10.8 Å². The minimum Gasteiger partial charge on any atom is -0.355 e. The second-order valence-corrected chi connectivity index (χ2v) is 6.16. The van der Waals surface area contributed by atoms with Crippen molar-refractivity contribution in [1.82, 2.24) is 10.3 Å². The van der Waals surface area contributed by atoms with Gasteiger partial charge in [-0.25, -0.2) is 4.98 Å². The maximum absolute atomic E-state index is 4.64. The molecule has 1 aliphatic rings. The highest BCUT2D eigenvalue weighted by atomic mass is 79.9. The summed E-state index contributed by atoms with van der Waals surface area (Å²) in [5.41, 5.74) is 0. The molecule has 1 N–H and O–H groups in total. The Bertz CT molecular complexity index is 593. The van der Waals surface area contributed by atoms with Crippen LogP contribution >= 0.6 is 15.9 Å². The SMILES string of the molecule is CCN(CC1CCCN1)c1nccc2c(Br)cccc12. The van der Waals surface area contributed by atoms with Gasteiger partial charge in [-0.3, -0.25) is 0 Å². The van der Waals surface area contributed by atoms with Crippen molar-refractivity contribution in [1.29, 1.82) is 0 Å². The minimum atomic E-state index is 0.596. The van der Waals surface area contributed by atoms with Crippen molar-refractivity contribution in [3.05, 3.63) is 34.9 Å². The lowest BCUT2D eigenvalue weighted by molar-refractivity contribution is 0.585. The Kier molecular flexibility index (Phi) is 4.22. The van der Waals surface area contributed by atoms with Crippen LogP contribution in [0.1, 0.15) is 19.8 Å². The Balaban J connectivity index is 1.96. The summed E-state index contributed by atoms with van der Waals surface area (Å²) in [6, 6.07) is 9.00. The van der Waals surface area contributed by atoms with Crippen molar-refractivity contribution in [3.63, 3.8) is 0 Å². The zero-order valence-electron chi connectivity index (χ0n) is 11.8. The summed E-state index contributed by atoms with van der Waals surface area (Å²) in [6.45, 7) is 5.37. The first-order chi connectivity index (χ1) is 9.79. The molecule has 0 aliphatic carbocycles. The summed E-state index contributed by atoms with van der Waals surface area (Å²) in [4.78, 5) is 7.03. The molecule has 106 valence electrons. The van der Waals surface area contributed by atoms with Crippen molar-refractivity contribution >= 4 is 32.5 Å². The molecule has 0 saturated carbocycles. The van der Waals surface area contributed by atoms with E-state index in [9.17, 15) is 0 Å². The molecule has 1 atom stereocenters. The number of benzene rings is 1. The van der Waals surface area contributed by atoms with Crippen LogP contribution in [0.5, 0.6) is 0 Å². The first-order valence-corrected chi connectivity index (χ1v) is 8.10. The molecule has 0 radical (unpaired) electrons. The monoisotopic (exact) mass is 333 g/mol. The zero-order chi connectivity index (χ0) is 13.9. The number of aromatic nitrogens is 1. The highest BCUT2D eigenvalue weighted by molar-refractivity contribution is 9.10. The van der Waals surface area contributed by atoms with Crippen molar-refractivity contribution in [3.8, 4) is 0 Å². The Labute approximate surface area is 128 Å². The molecular formula is C16H20BrN3. The van der Waals surface area contributed by atoms with Crippen LogP contribution in [-0.2, 0) is 0 Å². The first kappa shape index (κ1) is 13.8. The van der Waals surface area contributed by atoms with E-state index in [4.69, 9.17) is 0 Å². The third-order valence-electron chi connectivity index (χ3n) is 4.02. The normalized spacial score (nSPS) is 18.6. The standard InChI is InChI=1S/C16H20BrN3/c1-2-20(11-12-5-4-9-18-12)16-14-6-3-7-15(17)13(14)8-10-19-16/h3,6-8,10,12,18H,2,4-5,9,11H2,1H3. The van der Waals surface area contributed by atoms with Gasteiger partial charge in [0.25, 0.3) is 0 Å². The lowest BCUT2D eigenvalue weighted by Crippen LogP contribution is -2.38. The molecule has 1 aromatic carbocycles. The molecule has 2 heterocycles. The number of halogens is 1. The first-order valence-electron chi connectivity index (χ1n) is 7.31. The number of pyridine rings is 1. The fourth-order valence-electron chi connectivity index (χ4n) is 2.95. The van der Waals surface area contributed by atoms with Crippen LogP contribution in [0.3, 0.4) is 0 Å². The van der Waals surface area contributed by atoms with E-state index in [1.54, 1.807) is 0 Å². The van der Waals surface area contributed by atoms with Gasteiger partial charge in [0.15, 0.2) is 0 Å². The largest absolute Gasteiger partial charge is 0.355 e. The van der Waals surface area contributed by atoms with Crippen LogP contribution in [0.2, 0.25) is 0 Å². The number of hydrogen-bond donors (Lipinski definition) is 1. The molecule has 20 heavy (non-hydrogen) atoms. The number of hydrogen-bond acceptors (Lipinski definition) is 3. The van der Waals surface area contributed by atoms with Gasteiger partial charge in [-0.05, 0) is 38.4 Å². The van der Waals surface area contributed by atoms with Gasteiger partial charge >= 0.3 is 0 Å². The Hall–Kier alpha value is -1.13. The Morgan fingerprint density at radius 3 is 3.00 bits per heavy atom. The van der Waals surface area contributed by atoms with Gasteiger partial charge in [-0.2, -0.15) is 0 Å². The molecule has 1 saturated heterocycles. The van der Waals surface area contributed by atoms with Gasteiger partial charge in [0, 0.05) is 40.6 Å². The van der Waals surface area contributed by atoms with E-state index in [1.165, 1.54) is 23.6 Å². The molecule has 0 spiro atoms. The van der Waals surface area contributed by atoms with Gasteiger partial charge in [-0.1, -0.05) is 28.1 Å². The predicted octanol–water partition coefficient (Wildman–Crippen LogP) is 3.58. The smallest absolute Gasteiger partial charge is 0.136 e. The van der Waals surface area contributed by atoms with Crippen LogP contribution in [0, 0.1) is 0 Å². The number of anilines is 1. The number of nitrogens with zero attached hydrogens (tertiary/aromatic N) is 2. The fourth-order valence-corrected chi connectivity index (χ4v) is 3.45. The van der Waals surface area contributed by atoms with Gasteiger partial charge in [0.1, 0.15) is 5.82 Å². The van der Waals surface area contributed by atoms with Crippen LogP contribution in [0.15, 0.2) is 34.9 Å². The van der Waals surface area contributed by atoms with Gasteiger partial charge in [-0.15, -0.1) is 0 Å². The van der Waals surface area contributed by atoms with E-state index in [2.05, 4.69) is 62.3 Å². The summed E-state index contributed by atoms with van der Waals surface area (Å²) in [6.07, 6.45) is 4.47. The van der Waals surface area contributed by atoms with Gasteiger partial charge in [0.2, 0.25) is 0 Å². The summed E-state index contributed by atoms with van der Waals surface area (Å²) in [7, 11) is 0. The average molecular weight is 334 g/mol. The molecule has 0 bridgehead atoms. The molecule has 3 nitrogen and oxygen atoms in total. The maximum Gasteiger partial charge on any atom is 0.136 e. The average Bonchev–Trinajstić information content (AvgIpc) is 2.98. The summed E-state index contributed by atoms with van der Waals surface area (Å²) in [5.74, 6) is 1.10. The highest BCUT2D eigenvalue weighted by Gasteiger charge is 2.19. The van der Waals surface area contributed by atoms with Crippen molar-refractivity contribution in [2.45, 2.75) is 25.8 Å². The molecule has 1 aromatic heterocycles. The number of nitrogens with one attached hydrogen (secondary N) is 1. The van der Waals surface area contributed by atoms with Crippen LogP contribution < -0.4 is 10.2 Å². The summed E-state index contributed by atoms with van der Waals surface area (Å²) < 4.78 is 1.13. The second kappa shape index (κ2) is 6.10. The topological polar surface area (TPSA) is 28.2 Å². The van der Waals surface area contributed by atoms with Crippen LogP contribution in [-0.4, -0.2) is 30.7 Å². The molecular weight excluding hydrogens is 314 g/mol. The van der Waals surface area contributed by atoms with Crippen molar-refractivity contribution < 1.29 is 0 Å². The van der Waals surface area contributed by atoms with E-state index < -0.39 is 0 Å². The minimum absolute atomic E-state index is 0.596. The molecule has 2 aromatic rings. The van der Waals surface area contributed by atoms with E-state index in [-0.39, 0.29) is 0 Å². The quantitative estimate of drug-likeness (QED) is 0.926. The molecule has 4 heteroatoms. The van der Waals surface area contributed by atoms with Crippen molar-refractivity contribution in [2.75, 3.05) is 24.5 Å². The fraction of sp³-hybridized carbons (Fsp3) is 0.438. The van der Waals surface area contributed by atoms with Crippen molar-refractivity contribution in [2.24, 2.45) is 0 Å². The van der Waals surface area contributed by atoms with E-state index in [1.807, 2.05) is 6.20 Å². The third-order valence-corrected chi connectivity index (χ3v) is 4.71. The molecule has 3 rings (SSSR count). The zero-order valence-corrected chi connectivity index (χ0v) is 13.4. The number of rotatable bonds is 4. The number of fused-ring (bicyclic) bond motifs is 1. The van der Waals surface area contributed by atoms with E-state index in [0.29, 0.717) is 6.04 Å². The van der Waals surface area contributed by atoms with Gasteiger partial charge in [0.05, 0.1) is 0 Å². The maximum atomic E-state index is 4.64.